The number of nitrogens with one attached hydrogen (secondary N) is 2. The molecule has 11 nitrogen and oxygen atoms in total. The molecule has 64 heavy (non-hydrogen) atoms. The Bertz CT molecular complexity index is 2510. The third-order valence-electron chi connectivity index (χ3n) is 11.6. The number of anilines is 1. The van der Waals surface area contributed by atoms with Crippen LogP contribution in [0.1, 0.15) is 46.5 Å². The number of oxime groups is 1. The van der Waals surface area contributed by atoms with Gasteiger partial charge in [-0.3, -0.25) is 14.5 Å². The Morgan fingerprint density at radius 2 is 1.34 bits per heavy atom. The van der Waals surface area contributed by atoms with Crippen molar-refractivity contribution >= 4 is 63.0 Å². The second-order valence-electron chi connectivity index (χ2n) is 15.4. The van der Waals surface area contributed by atoms with Gasteiger partial charge < -0.3 is 29.7 Å². The maximum absolute atomic E-state index is 14.5. The second kappa shape index (κ2) is 19.3. The molecule has 2 N–H and O–H groups in total. The van der Waals surface area contributed by atoms with E-state index in [0.29, 0.717) is 24.0 Å². The molecule has 2 saturated heterocycles. The van der Waals surface area contributed by atoms with Gasteiger partial charge in [-0.15, -0.1) is 23.1 Å². The number of thiazole rings is 1. The highest BCUT2D eigenvalue weighted by molar-refractivity contribution is 8.00. The van der Waals surface area contributed by atoms with Gasteiger partial charge in [-0.2, -0.15) is 0 Å². The van der Waals surface area contributed by atoms with Gasteiger partial charge in [-0.25, -0.2) is 4.98 Å². The van der Waals surface area contributed by atoms with Crippen molar-refractivity contribution in [2.75, 3.05) is 32.4 Å². The van der Waals surface area contributed by atoms with E-state index < -0.39 is 29.0 Å². The van der Waals surface area contributed by atoms with Crippen molar-refractivity contribution in [2.24, 2.45) is 11.1 Å². The highest BCUT2D eigenvalue weighted by Gasteiger charge is 2.56. The summed E-state index contributed by atoms with van der Waals surface area (Å²) in [5, 5.41) is 12.7. The van der Waals surface area contributed by atoms with Crippen LogP contribution in [0.2, 0.25) is 0 Å². The number of ether oxygens (including phenoxy) is 3. The molecule has 0 bridgehead atoms. The number of thiocarbonyl (C=S) groups is 1. The first-order chi connectivity index (χ1) is 31.4. The molecule has 0 radical (unpaired) electrons. The first kappa shape index (κ1) is 43.1. The highest BCUT2D eigenvalue weighted by Crippen LogP contribution is 2.48. The van der Waals surface area contributed by atoms with Crippen LogP contribution in [0.3, 0.4) is 0 Å². The third-order valence-corrected chi connectivity index (χ3v) is 14.0. The summed E-state index contributed by atoms with van der Waals surface area (Å²) >= 11 is 9.06. The van der Waals surface area contributed by atoms with Crippen molar-refractivity contribution < 1.29 is 28.6 Å². The fourth-order valence-electron chi connectivity index (χ4n) is 8.63. The predicted octanol–water partition coefficient (Wildman–Crippen LogP) is 8.69. The number of carbonyl (C=O) groups excluding carboxylic acids is 2. The maximum atomic E-state index is 14.5. The van der Waals surface area contributed by atoms with Crippen molar-refractivity contribution in [1.82, 2.24) is 15.2 Å². The number of thioether (sulfide) groups is 1. The van der Waals surface area contributed by atoms with Crippen LogP contribution in [-0.4, -0.2) is 76.2 Å². The van der Waals surface area contributed by atoms with Gasteiger partial charge in [0.25, 0.3) is 11.8 Å². The van der Waals surface area contributed by atoms with Gasteiger partial charge in [0.1, 0.15) is 42.7 Å². The van der Waals surface area contributed by atoms with Gasteiger partial charge in [0, 0.05) is 16.5 Å². The van der Waals surface area contributed by atoms with Crippen molar-refractivity contribution in [3.63, 3.8) is 0 Å². The largest absolute Gasteiger partial charge is 0.469 e. The summed E-state index contributed by atoms with van der Waals surface area (Å²) in [4.78, 5) is 40.6. The zero-order chi connectivity index (χ0) is 44.0. The first-order valence-corrected chi connectivity index (χ1v) is 23.1. The number of carbonyl (C=O) groups is 2. The molecule has 9 rings (SSSR count). The number of rotatable bonds is 14. The molecule has 2 amide bonds. The SMILES string of the molecule is CO/N=C(\C(=O)NC1C(=O)N2C(C(=S)OC(c3ccccc3)c3ccccc3)=C(C3COCOC3)C(C)S[C@H]12)c1csc(NC(c2ccccc2)(c2ccccc2)c2ccccc2)n1. The summed E-state index contributed by atoms with van der Waals surface area (Å²) in [5.41, 5.74) is 5.61. The minimum absolute atomic E-state index is 0.0722. The molecule has 3 aliphatic rings. The minimum Gasteiger partial charge on any atom is -0.469 e. The normalized spacial score (nSPS) is 19.1. The van der Waals surface area contributed by atoms with Crippen LogP contribution in [-0.2, 0) is 34.2 Å². The Balaban J connectivity index is 0.997. The Morgan fingerprint density at radius 3 is 1.86 bits per heavy atom. The summed E-state index contributed by atoms with van der Waals surface area (Å²) in [6, 6.07) is 49.3. The topological polar surface area (TPSA) is 124 Å². The average molecular weight is 908 g/mol. The molecule has 324 valence electrons. The van der Waals surface area contributed by atoms with Crippen molar-refractivity contribution in [3.05, 3.63) is 202 Å². The number of hydrogen-bond donors (Lipinski definition) is 2. The molecule has 0 aliphatic carbocycles. The number of β-lactam (4-membered cyclic amide) rings is 1. The van der Waals surface area contributed by atoms with E-state index in [1.54, 1.807) is 22.0 Å². The number of benzene rings is 5. The van der Waals surface area contributed by atoms with E-state index in [4.69, 9.17) is 36.3 Å². The lowest BCUT2D eigenvalue weighted by Crippen LogP contribution is -2.71. The van der Waals surface area contributed by atoms with Gasteiger partial charge >= 0.3 is 0 Å². The van der Waals surface area contributed by atoms with E-state index in [1.165, 1.54) is 18.4 Å². The van der Waals surface area contributed by atoms with E-state index >= 15 is 0 Å². The number of fused-ring (bicyclic) bond motifs is 1. The Kier molecular flexibility index (Phi) is 13.0. The average Bonchev–Trinajstić information content (AvgIpc) is 3.82. The molecular formula is C50H45N5O6S3. The fourth-order valence-corrected chi connectivity index (χ4v) is 11.2. The lowest BCUT2D eigenvalue weighted by molar-refractivity contribution is -0.145. The number of amides is 2. The van der Waals surface area contributed by atoms with E-state index in [-0.39, 0.29) is 40.3 Å². The molecule has 3 aliphatic heterocycles. The molecule has 2 unspecified atom stereocenters. The monoisotopic (exact) mass is 907 g/mol. The molecule has 2 fully saturated rings. The summed E-state index contributed by atoms with van der Waals surface area (Å²) in [7, 11) is 1.37. The molecule has 4 heterocycles. The van der Waals surface area contributed by atoms with Crippen LogP contribution in [0.5, 0.6) is 0 Å². The Morgan fingerprint density at radius 1 is 0.828 bits per heavy atom. The quantitative estimate of drug-likeness (QED) is 0.0361. The minimum atomic E-state index is -0.905. The van der Waals surface area contributed by atoms with Crippen molar-refractivity contribution in [3.8, 4) is 0 Å². The zero-order valence-corrected chi connectivity index (χ0v) is 37.5. The van der Waals surface area contributed by atoms with E-state index in [1.807, 2.05) is 115 Å². The van der Waals surface area contributed by atoms with E-state index in [2.05, 4.69) is 59.1 Å². The summed E-state index contributed by atoms with van der Waals surface area (Å²) in [6.45, 7) is 3.08. The third kappa shape index (κ3) is 8.47. The van der Waals surface area contributed by atoms with E-state index in [9.17, 15) is 9.59 Å². The van der Waals surface area contributed by atoms with Crippen LogP contribution in [0.15, 0.2) is 173 Å². The summed E-state index contributed by atoms with van der Waals surface area (Å²) in [6.07, 6.45) is -0.540. The molecule has 0 spiro atoms. The van der Waals surface area contributed by atoms with Gasteiger partial charge in [0.05, 0.1) is 18.9 Å². The van der Waals surface area contributed by atoms with Crippen molar-refractivity contribution in [1.29, 1.82) is 0 Å². The Hall–Kier alpha value is -6.16. The molecular weight excluding hydrogens is 863 g/mol. The molecule has 14 heteroatoms. The van der Waals surface area contributed by atoms with Crippen molar-refractivity contribution in [2.45, 2.75) is 35.2 Å². The molecule has 3 atom stereocenters. The summed E-state index contributed by atoms with van der Waals surface area (Å²) < 4.78 is 18.3. The predicted molar refractivity (Wildman–Crippen MR) is 254 cm³/mol. The number of aromatic nitrogens is 1. The molecule has 1 aromatic heterocycles. The van der Waals surface area contributed by atoms with Crippen LogP contribution >= 0.6 is 35.3 Å². The van der Waals surface area contributed by atoms with Crippen LogP contribution in [0.4, 0.5) is 5.13 Å². The molecule has 0 saturated carbocycles. The smallest absolute Gasteiger partial charge is 0.276 e. The van der Waals surface area contributed by atoms with Gasteiger partial charge in [0.2, 0.25) is 5.05 Å². The lowest BCUT2D eigenvalue weighted by Gasteiger charge is -2.53. The van der Waals surface area contributed by atoms with Gasteiger partial charge in [0.15, 0.2) is 10.8 Å². The standard InChI is InChI=1S/C50H45N5O6S3/c1-32-40(35-28-59-31-60-29-35)43(48(62)61-44(33-18-8-3-9-19-33)34-20-10-4-11-21-34)55-46(57)42(47(55)64-32)52-45(56)41(54-58-2)39-30-63-49(51-39)53-50(36-22-12-5-13-23-36,37-24-14-6-15-25-37)38-26-16-7-17-27-38/h3-27,30,32,35,42,44,47H,28-29,31H2,1-2H3,(H,51,53)(H,52,56)/b54-41-/t32?,42?,47-/m1/s1. The van der Waals surface area contributed by atoms with Gasteiger partial charge in [-0.1, -0.05) is 157 Å². The highest BCUT2D eigenvalue weighted by atomic mass is 32.2. The molecule has 6 aromatic rings. The Labute approximate surface area is 385 Å². The number of hydrogen-bond acceptors (Lipinski definition) is 12. The number of nitrogens with zero attached hydrogens (tertiary/aromatic N) is 3. The zero-order valence-electron chi connectivity index (χ0n) is 35.0. The fraction of sp³-hybridized carbons (Fsp3) is 0.220. The first-order valence-electron chi connectivity index (χ1n) is 20.9. The molecule has 5 aromatic carbocycles. The second-order valence-corrected chi connectivity index (χ2v) is 18.1. The lowest BCUT2D eigenvalue weighted by atomic mass is 9.77. The van der Waals surface area contributed by atoms with E-state index in [0.717, 1.165) is 33.4 Å². The van der Waals surface area contributed by atoms with Crippen LogP contribution in [0.25, 0.3) is 0 Å². The maximum Gasteiger partial charge on any atom is 0.276 e. The van der Waals surface area contributed by atoms with Crippen LogP contribution < -0.4 is 10.6 Å². The summed E-state index contributed by atoms with van der Waals surface area (Å²) in [5.74, 6) is -1.11. The van der Waals surface area contributed by atoms with Gasteiger partial charge in [-0.05, 0) is 52.5 Å². The van der Waals surface area contributed by atoms with Crippen LogP contribution in [0, 0.1) is 5.92 Å².